The number of hydrogen-bond acceptors (Lipinski definition) is 3. The molecule has 0 aliphatic heterocycles. The van der Waals surface area contributed by atoms with Crippen molar-refractivity contribution in [3.05, 3.63) is 29.8 Å². The fraction of sp³-hybridized carbons (Fsp3) is 0.579. The van der Waals surface area contributed by atoms with Crippen LogP contribution in [0.25, 0.3) is 0 Å². The van der Waals surface area contributed by atoms with Crippen LogP contribution in [0.1, 0.15) is 45.1 Å². The van der Waals surface area contributed by atoms with Crippen molar-refractivity contribution in [3.8, 4) is 5.75 Å². The zero-order chi connectivity index (χ0) is 19.4. The Hall–Kier alpha value is -1.46. The number of benzene rings is 1. The summed E-state index contributed by atoms with van der Waals surface area (Å²) in [5, 5.41) is 12.0. The number of carbonyl (C=O) groups excluding carboxylic acids is 1. The summed E-state index contributed by atoms with van der Waals surface area (Å²) in [7, 11) is 0. The number of unbranched alkanes of at least 4 members (excludes halogenated alkanes) is 2. The molecule has 0 aromatic heterocycles. The van der Waals surface area contributed by atoms with E-state index < -0.39 is 27.7 Å². The van der Waals surface area contributed by atoms with Gasteiger partial charge in [-0.05, 0) is 37.5 Å². The monoisotopic (exact) mass is 401 g/mol. The fourth-order valence-electron chi connectivity index (χ4n) is 2.66. The SMILES string of the molecule is CCCCCOc1ccc(C[C@H](NC(=O)C2(C)CC2(Cl)Cl)C(=O)O)cc1. The summed E-state index contributed by atoms with van der Waals surface area (Å²) in [5.74, 6) is -0.789. The van der Waals surface area contributed by atoms with Gasteiger partial charge in [0.25, 0.3) is 0 Å². The normalized spacial score (nSPS) is 21.7. The molecule has 1 amide bonds. The zero-order valence-electron chi connectivity index (χ0n) is 15.1. The average Bonchev–Trinajstić information content (AvgIpc) is 3.11. The van der Waals surface area contributed by atoms with E-state index in [4.69, 9.17) is 27.9 Å². The maximum Gasteiger partial charge on any atom is 0.326 e. The molecular weight excluding hydrogens is 377 g/mol. The second-order valence-corrected chi connectivity index (χ2v) is 8.47. The van der Waals surface area contributed by atoms with Crippen molar-refractivity contribution in [1.82, 2.24) is 5.32 Å². The van der Waals surface area contributed by atoms with E-state index in [1.54, 1.807) is 6.92 Å². The lowest BCUT2D eigenvalue weighted by Crippen LogP contribution is -2.46. The summed E-state index contributed by atoms with van der Waals surface area (Å²) in [4.78, 5) is 23.8. The molecule has 0 spiro atoms. The van der Waals surface area contributed by atoms with Gasteiger partial charge >= 0.3 is 5.97 Å². The molecule has 5 nitrogen and oxygen atoms in total. The summed E-state index contributed by atoms with van der Waals surface area (Å²) in [5.41, 5.74) is -0.150. The first-order valence-electron chi connectivity index (χ1n) is 8.83. The molecule has 1 fully saturated rings. The largest absolute Gasteiger partial charge is 0.494 e. The first kappa shape index (κ1) is 20.8. The van der Waals surface area contributed by atoms with E-state index in [0.717, 1.165) is 30.6 Å². The minimum Gasteiger partial charge on any atom is -0.494 e. The maximum atomic E-state index is 12.3. The molecule has 26 heavy (non-hydrogen) atoms. The lowest BCUT2D eigenvalue weighted by molar-refractivity contribution is -0.142. The number of hydrogen-bond donors (Lipinski definition) is 2. The van der Waals surface area contributed by atoms with Crippen LogP contribution >= 0.6 is 23.2 Å². The lowest BCUT2D eigenvalue weighted by Gasteiger charge is -2.18. The summed E-state index contributed by atoms with van der Waals surface area (Å²) in [6.07, 6.45) is 3.75. The second kappa shape index (κ2) is 8.49. The molecule has 2 atom stereocenters. The molecule has 0 radical (unpaired) electrons. The Morgan fingerprint density at radius 1 is 1.27 bits per heavy atom. The first-order valence-corrected chi connectivity index (χ1v) is 9.58. The maximum absolute atomic E-state index is 12.3. The van der Waals surface area contributed by atoms with Crippen molar-refractivity contribution >= 4 is 35.1 Å². The van der Waals surface area contributed by atoms with Gasteiger partial charge < -0.3 is 15.2 Å². The number of alkyl halides is 2. The van der Waals surface area contributed by atoms with Crippen LogP contribution in [0, 0.1) is 5.41 Å². The van der Waals surface area contributed by atoms with E-state index in [-0.39, 0.29) is 6.42 Å². The first-order chi connectivity index (χ1) is 12.2. The van der Waals surface area contributed by atoms with Crippen molar-refractivity contribution in [2.75, 3.05) is 6.61 Å². The molecule has 0 bridgehead atoms. The van der Waals surface area contributed by atoms with Gasteiger partial charge in [0.15, 0.2) is 0 Å². The van der Waals surface area contributed by atoms with E-state index in [9.17, 15) is 14.7 Å². The smallest absolute Gasteiger partial charge is 0.326 e. The number of nitrogens with one attached hydrogen (secondary N) is 1. The number of halogens is 2. The van der Waals surface area contributed by atoms with Crippen molar-refractivity contribution in [2.45, 2.75) is 56.3 Å². The Bertz CT molecular complexity index is 647. The van der Waals surface area contributed by atoms with E-state index >= 15 is 0 Å². The lowest BCUT2D eigenvalue weighted by atomic mass is 10.0. The van der Waals surface area contributed by atoms with E-state index in [0.29, 0.717) is 13.0 Å². The minimum atomic E-state index is -1.13. The topological polar surface area (TPSA) is 75.6 Å². The van der Waals surface area contributed by atoms with Crippen LogP contribution in [0.4, 0.5) is 0 Å². The van der Waals surface area contributed by atoms with Crippen molar-refractivity contribution < 1.29 is 19.4 Å². The Kier molecular flexibility index (Phi) is 6.80. The van der Waals surface area contributed by atoms with Crippen LogP contribution in [0.3, 0.4) is 0 Å². The predicted molar refractivity (Wildman–Crippen MR) is 102 cm³/mol. The number of carboxylic acid groups (broad SMARTS) is 1. The van der Waals surface area contributed by atoms with Crippen LogP contribution in [-0.2, 0) is 16.0 Å². The van der Waals surface area contributed by atoms with Gasteiger partial charge in [-0.1, -0.05) is 31.9 Å². The van der Waals surface area contributed by atoms with Crippen LogP contribution in [0.15, 0.2) is 24.3 Å². The molecule has 1 aromatic carbocycles. The summed E-state index contributed by atoms with van der Waals surface area (Å²) in [6.45, 7) is 4.43. The number of aliphatic carboxylic acids is 1. The van der Waals surface area contributed by atoms with Gasteiger partial charge in [0.05, 0.1) is 12.0 Å². The Labute approximate surface area is 164 Å². The molecule has 1 aliphatic carbocycles. The molecule has 0 saturated heterocycles. The highest BCUT2D eigenvalue weighted by molar-refractivity contribution is 6.53. The van der Waals surface area contributed by atoms with Gasteiger partial charge in [-0.3, -0.25) is 4.79 Å². The summed E-state index contributed by atoms with van der Waals surface area (Å²) >= 11 is 12.0. The van der Waals surface area contributed by atoms with Gasteiger partial charge in [0.2, 0.25) is 5.91 Å². The highest BCUT2D eigenvalue weighted by Crippen LogP contribution is 2.63. The molecule has 1 saturated carbocycles. The average molecular weight is 402 g/mol. The molecule has 1 unspecified atom stereocenters. The Morgan fingerprint density at radius 3 is 2.38 bits per heavy atom. The fourth-order valence-corrected chi connectivity index (χ4v) is 3.37. The third-order valence-electron chi connectivity index (χ3n) is 4.74. The van der Waals surface area contributed by atoms with Gasteiger partial charge in [-0.15, -0.1) is 23.2 Å². The third kappa shape index (κ3) is 5.04. The van der Waals surface area contributed by atoms with Crippen LogP contribution in [0.5, 0.6) is 5.75 Å². The van der Waals surface area contributed by atoms with Gasteiger partial charge in [-0.2, -0.15) is 0 Å². The predicted octanol–water partition coefficient (Wildman–Crippen LogP) is 3.95. The third-order valence-corrected chi connectivity index (χ3v) is 5.84. The summed E-state index contributed by atoms with van der Waals surface area (Å²) in [6, 6.07) is 6.20. The molecule has 1 aliphatic rings. The molecular formula is C19H25Cl2NO4. The summed E-state index contributed by atoms with van der Waals surface area (Å²) < 4.78 is 4.51. The highest BCUT2D eigenvalue weighted by atomic mass is 35.5. The van der Waals surface area contributed by atoms with E-state index in [2.05, 4.69) is 12.2 Å². The van der Waals surface area contributed by atoms with E-state index in [1.165, 1.54) is 0 Å². The van der Waals surface area contributed by atoms with E-state index in [1.807, 2.05) is 24.3 Å². The number of ether oxygens (including phenoxy) is 1. The van der Waals surface area contributed by atoms with Gasteiger partial charge in [-0.25, -0.2) is 4.79 Å². The molecule has 144 valence electrons. The van der Waals surface area contributed by atoms with Crippen LogP contribution < -0.4 is 10.1 Å². The Morgan fingerprint density at radius 2 is 1.88 bits per heavy atom. The number of carbonyl (C=O) groups is 2. The molecule has 0 heterocycles. The standard InChI is InChI=1S/C19H25Cl2NO4/c1-3-4-5-10-26-14-8-6-13(7-9-14)11-15(16(23)24)22-17(25)18(2)12-19(18,20)21/h6-9,15H,3-5,10-12H2,1-2H3,(H,22,25)(H,23,24)/t15-,18?/m0/s1. The Balaban J connectivity index is 1.91. The molecule has 1 aromatic rings. The number of rotatable bonds is 10. The highest BCUT2D eigenvalue weighted by Gasteiger charge is 2.68. The van der Waals surface area contributed by atoms with Crippen molar-refractivity contribution in [2.24, 2.45) is 5.41 Å². The van der Waals surface area contributed by atoms with Gasteiger partial charge in [0, 0.05) is 6.42 Å². The number of carboxylic acids is 1. The zero-order valence-corrected chi connectivity index (χ0v) is 16.6. The second-order valence-electron chi connectivity index (χ2n) is 6.98. The van der Waals surface area contributed by atoms with Crippen LogP contribution in [0.2, 0.25) is 0 Å². The number of amides is 1. The van der Waals surface area contributed by atoms with Crippen LogP contribution in [-0.4, -0.2) is 34.0 Å². The quantitative estimate of drug-likeness (QED) is 0.459. The molecule has 7 heteroatoms. The van der Waals surface area contributed by atoms with Crippen molar-refractivity contribution in [1.29, 1.82) is 0 Å². The van der Waals surface area contributed by atoms with Gasteiger partial charge in [0.1, 0.15) is 16.1 Å². The molecule has 2 N–H and O–H groups in total. The molecule has 2 rings (SSSR count). The minimum absolute atomic E-state index is 0.171. The van der Waals surface area contributed by atoms with Crippen molar-refractivity contribution in [3.63, 3.8) is 0 Å².